The highest BCUT2D eigenvalue weighted by Crippen LogP contribution is 2.40. The van der Waals surface area contributed by atoms with Crippen LogP contribution in [0.1, 0.15) is 28.8 Å². The van der Waals surface area contributed by atoms with E-state index < -0.39 is 29.8 Å². The van der Waals surface area contributed by atoms with E-state index in [0.29, 0.717) is 25.9 Å². The molecule has 0 atom stereocenters. The lowest BCUT2D eigenvalue weighted by atomic mass is 10.1. The summed E-state index contributed by atoms with van der Waals surface area (Å²) >= 11 is 0.885. The van der Waals surface area contributed by atoms with E-state index in [1.165, 1.54) is 12.4 Å². The van der Waals surface area contributed by atoms with Gasteiger partial charge in [0.1, 0.15) is 5.82 Å². The van der Waals surface area contributed by atoms with Crippen LogP contribution in [0.4, 0.5) is 32.2 Å². The Balaban J connectivity index is 0.000000423. The number of alkyl halides is 6. The molecule has 172 valence electrons. The Bertz CT molecular complexity index is 952. The molecule has 1 aliphatic rings. The number of amides is 1. The number of fused-ring (bicyclic) bond motifs is 1. The summed E-state index contributed by atoms with van der Waals surface area (Å²) < 4.78 is 72.1. The lowest BCUT2D eigenvalue weighted by molar-refractivity contribution is -0.192. The van der Waals surface area contributed by atoms with Crippen molar-refractivity contribution in [2.75, 3.05) is 25.0 Å². The van der Waals surface area contributed by atoms with Gasteiger partial charge in [-0.1, -0.05) is 0 Å². The number of rotatable bonds is 2. The van der Waals surface area contributed by atoms with Crippen LogP contribution in [-0.2, 0) is 11.0 Å². The van der Waals surface area contributed by atoms with E-state index in [1.807, 2.05) is 0 Å². The fourth-order valence-electron chi connectivity index (χ4n) is 2.79. The largest absolute Gasteiger partial charge is 0.490 e. The second-order valence-corrected chi connectivity index (χ2v) is 7.44. The van der Waals surface area contributed by atoms with Gasteiger partial charge >= 0.3 is 18.3 Å². The van der Waals surface area contributed by atoms with E-state index in [1.54, 1.807) is 4.90 Å². The first kappa shape index (κ1) is 24.7. The van der Waals surface area contributed by atoms with Crippen LogP contribution in [0.5, 0.6) is 0 Å². The molecule has 2 aromatic rings. The number of hydrogen-bond donors (Lipinski definition) is 3. The van der Waals surface area contributed by atoms with Crippen LogP contribution in [0.25, 0.3) is 10.2 Å². The van der Waals surface area contributed by atoms with E-state index >= 15 is 0 Å². The molecule has 1 saturated heterocycles. The molecular formula is C17H18F6N4O3S. The molecule has 1 aliphatic heterocycles. The van der Waals surface area contributed by atoms with Gasteiger partial charge in [-0.3, -0.25) is 4.79 Å². The standard InChI is InChI=1S/C15H17F3N4OS.C2HF3O2/c1-20-14(23)9-7-24-13-10(15(16,17)18)6-11(21-12(9)13)22-4-2-8(19)3-5-22;3-2(4,5)1(6)7/h6-8H,2-5,19H2,1H3,(H,20,23);(H,6,7). The Morgan fingerprint density at radius 2 is 1.77 bits per heavy atom. The van der Waals surface area contributed by atoms with E-state index in [4.69, 9.17) is 15.6 Å². The van der Waals surface area contributed by atoms with E-state index in [0.717, 1.165) is 17.4 Å². The summed E-state index contributed by atoms with van der Waals surface area (Å²) in [5.74, 6) is -2.96. The van der Waals surface area contributed by atoms with Gasteiger partial charge in [-0.25, -0.2) is 9.78 Å². The van der Waals surface area contributed by atoms with Crippen molar-refractivity contribution in [3.63, 3.8) is 0 Å². The minimum Gasteiger partial charge on any atom is -0.475 e. The van der Waals surface area contributed by atoms with E-state index in [-0.39, 0.29) is 27.6 Å². The van der Waals surface area contributed by atoms with Crippen LogP contribution in [-0.4, -0.2) is 54.3 Å². The Morgan fingerprint density at radius 3 is 2.23 bits per heavy atom. The van der Waals surface area contributed by atoms with Crippen molar-refractivity contribution in [3.8, 4) is 0 Å². The number of pyridine rings is 1. The quantitative estimate of drug-likeness (QED) is 0.580. The Labute approximate surface area is 175 Å². The van der Waals surface area contributed by atoms with Crippen molar-refractivity contribution in [3.05, 3.63) is 22.6 Å². The third-order valence-electron chi connectivity index (χ3n) is 4.39. The summed E-state index contributed by atoms with van der Waals surface area (Å²) in [5.41, 5.74) is 5.36. The zero-order valence-electron chi connectivity index (χ0n) is 16.0. The van der Waals surface area contributed by atoms with Gasteiger partial charge in [0.05, 0.1) is 21.3 Å². The second kappa shape index (κ2) is 9.26. The van der Waals surface area contributed by atoms with Gasteiger partial charge in [-0.2, -0.15) is 26.3 Å². The Kier molecular flexibility index (Phi) is 7.36. The Hall–Kier alpha value is -2.61. The number of aliphatic carboxylic acids is 1. The van der Waals surface area contributed by atoms with Gasteiger partial charge in [-0.05, 0) is 18.9 Å². The maximum atomic E-state index is 13.5. The average molecular weight is 472 g/mol. The number of aromatic nitrogens is 1. The molecule has 4 N–H and O–H groups in total. The predicted molar refractivity (Wildman–Crippen MR) is 101 cm³/mol. The first-order chi connectivity index (χ1) is 14.3. The second-order valence-electron chi connectivity index (χ2n) is 6.56. The number of halogens is 6. The third kappa shape index (κ3) is 5.97. The molecule has 0 unspecified atom stereocenters. The summed E-state index contributed by atoms with van der Waals surface area (Å²) in [5, 5.41) is 11.0. The van der Waals surface area contributed by atoms with Gasteiger partial charge in [0.15, 0.2) is 0 Å². The molecule has 0 radical (unpaired) electrons. The average Bonchev–Trinajstić information content (AvgIpc) is 3.10. The first-order valence-electron chi connectivity index (χ1n) is 8.77. The number of hydrogen-bond acceptors (Lipinski definition) is 6. The normalized spacial score (nSPS) is 15.4. The first-order valence-corrected chi connectivity index (χ1v) is 9.65. The number of thiophene rings is 1. The highest BCUT2D eigenvalue weighted by atomic mass is 32.1. The number of nitrogens with one attached hydrogen (secondary N) is 1. The van der Waals surface area contributed by atoms with Gasteiger partial charge < -0.3 is 21.1 Å². The number of nitrogens with zero attached hydrogens (tertiary/aromatic N) is 2. The number of anilines is 1. The number of carboxylic acids is 1. The molecule has 1 fully saturated rings. The molecular weight excluding hydrogens is 454 g/mol. The Morgan fingerprint density at radius 1 is 1.23 bits per heavy atom. The van der Waals surface area contributed by atoms with Gasteiger partial charge in [0, 0.05) is 31.6 Å². The van der Waals surface area contributed by atoms with Gasteiger partial charge in [0.25, 0.3) is 5.91 Å². The molecule has 1 amide bonds. The number of piperidine rings is 1. The minimum atomic E-state index is -5.08. The van der Waals surface area contributed by atoms with Crippen LogP contribution in [0.3, 0.4) is 0 Å². The monoisotopic (exact) mass is 472 g/mol. The molecule has 0 bridgehead atoms. The number of carboxylic acid groups (broad SMARTS) is 1. The van der Waals surface area contributed by atoms with Crippen LogP contribution in [0, 0.1) is 0 Å². The minimum absolute atomic E-state index is 0.0152. The van der Waals surface area contributed by atoms with Crippen molar-refractivity contribution >= 4 is 39.2 Å². The third-order valence-corrected chi connectivity index (χ3v) is 5.39. The maximum absolute atomic E-state index is 13.5. The van der Waals surface area contributed by atoms with Crippen molar-refractivity contribution < 1.29 is 41.0 Å². The fraction of sp³-hybridized carbons (Fsp3) is 0.471. The molecule has 0 aliphatic carbocycles. The molecule has 3 rings (SSSR count). The topological polar surface area (TPSA) is 109 Å². The lowest BCUT2D eigenvalue weighted by Gasteiger charge is -2.31. The molecule has 3 heterocycles. The van der Waals surface area contributed by atoms with Gasteiger partial charge in [-0.15, -0.1) is 11.3 Å². The van der Waals surface area contributed by atoms with Crippen molar-refractivity contribution in [2.45, 2.75) is 31.2 Å². The molecule has 2 aromatic heterocycles. The van der Waals surface area contributed by atoms with Crippen molar-refractivity contribution in [1.82, 2.24) is 10.3 Å². The SMILES string of the molecule is CNC(=O)c1csc2c(C(F)(F)F)cc(N3CCC(N)CC3)nc12.O=C(O)C(F)(F)F. The summed E-state index contributed by atoms with van der Waals surface area (Å²) in [6.07, 6.45) is -8.19. The molecule has 31 heavy (non-hydrogen) atoms. The molecule has 0 saturated carbocycles. The maximum Gasteiger partial charge on any atom is 0.490 e. The fourth-order valence-corrected chi connectivity index (χ4v) is 3.82. The zero-order valence-corrected chi connectivity index (χ0v) is 16.8. The molecule has 7 nitrogen and oxygen atoms in total. The predicted octanol–water partition coefficient (Wildman–Crippen LogP) is 3.24. The summed E-state index contributed by atoms with van der Waals surface area (Å²) in [7, 11) is 1.44. The molecule has 0 spiro atoms. The van der Waals surface area contributed by atoms with E-state index in [9.17, 15) is 31.1 Å². The highest BCUT2D eigenvalue weighted by molar-refractivity contribution is 7.17. The number of nitrogens with two attached hydrogens (primary N) is 1. The van der Waals surface area contributed by atoms with Crippen LogP contribution in [0.2, 0.25) is 0 Å². The summed E-state index contributed by atoms with van der Waals surface area (Å²) in [6, 6.07) is 1.14. The zero-order chi connectivity index (χ0) is 23.6. The van der Waals surface area contributed by atoms with Crippen LogP contribution < -0.4 is 16.0 Å². The number of carbonyl (C=O) groups is 2. The summed E-state index contributed by atoms with van der Waals surface area (Å²) in [4.78, 5) is 27.0. The van der Waals surface area contributed by atoms with Crippen LogP contribution >= 0.6 is 11.3 Å². The number of carbonyl (C=O) groups excluding carboxylic acids is 1. The van der Waals surface area contributed by atoms with Gasteiger partial charge in [0.2, 0.25) is 0 Å². The van der Waals surface area contributed by atoms with Crippen molar-refractivity contribution in [2.24, 2.45) is 5.73 Å². The summed E-state index contributed by atoms with van der Waals surface area (Å²) in [6.45, 7) is 1.10. The van der Waals surface area contributed by atoms with E-state index in [2.05, 4.69) is 10.3 Å². The molecule has 14 heteroatoms. The molecule has 0 aromatic carbocycles. The highest BCUT2D eigenvalue weighted by Gasteiger charge is 2.38. The van der Waals surface area contributed by atoms with Crippen LogP contribution in [0.15, 0.2) is 11.4 Å². The van der Waals surface area contributed by atoms with Crippen molar-refractivity contribution in [1.29, 1.82) is 0 Å². The lowest BCUT2D eigenvalue weighted by Crippen LogP contribution is -2.40. The smallest absolute Gasteiger partial charge is 0.475 e.